The average Bonchev–Trinajstić information content (AvgIpc) is 2.92. The maximum absolute atomic E-state index is 11.6. The topological polar surface area (TPSA) is 55.1 Å². The van der Waals surface area contributed by atoms with Crippen LogP contribution in [0.25, 0.3) is 5.69 Å². The number of hydrogen-bond acceptors (Lipinski definition) is 2. The summed E-state index contributed by atoms with van der Waals surface area (Å²) in [5.41, 5.74) is 3.20. The molecule has 1 aromatic carbocycles. The molecule has 0 unspecified atom stereocenters. The Morgan fingerprint density at radius 3 is 2.38 bits per heavy atom. The molecular formula is C16H15ClN2O2. The summed E-state index contributed by atoms with van der Waals surface area (Å²) in [4.78, 5) is 11.6. The Kier molecular flexibility index (Phi) is 2.82. The van der Waals surface area contributed by atoms with Gasteiger partial charge in [-0.15, -0.1) is 0 Å². The Hall–Kier alpha value is -1.81. The Morgan fingerprint density at radius 1 is 1.14 bits per heavy atom. The number of carboxylic acids is 1. The summed E-state index contributed by atoms with van der Waals surface area (Å²) in [6.07, 6.45) is 4.44. The molecule has 1 fully saturated rings. The summed E-state index contributed by atoms with van der Waals surface area (Å²) >= 11 is 5.94. The fraction of sp³-hybridized carbons (Fsp3) is 0.375. The minimum absolute atomic E-state index is 0.231. The third-order valence-corrected chi connectivity index (χ3v) is 5.01. The van der Waals surface area contributed by atoms with E-state index in [0.29, 0.717) is 16.9 Å². The quantitative estimate of drug-likeness (QED) is 0.913. The number of nitrogens with zero attached hydrogens (tertiary/aromatic N) is 2. The number of carboxylic acid groups (broad SMARTS) is 1. The Bertz CT molecular complexity index is 713. The van der Waals surface area contributed by atoms with E-state index in [1.165, 1.54) is 0 Å². The monoisotopic (exact) mass is 302 g/mol. The zero-order chi connectivity index (χ0) is 14.6. The van der Waals surface area contributed by atoms with Crippen molar-refractivity contribution in [1.82, 2.24) is 9.78 Å². The van der Waals surface area contributed by atoms with Gasteiger partial charge in [-0.3, -0.25) is 0 Å². The van der Waals surface area contributed by atoms with E-state index >= 15 is 0 Å². The summed E-state index contributed by atoms with van der Waals surface area (Å²) in [5, 5.41) is 14.5. The molecule has 2 bridgehead atoms. The number of hydrogen-bond donors (Lipinski definition) is 1. The van der Waals surface area contributed by atoms with Gasteiger partial charge in [0.05, 0.1) is 11.4 Å². The molecule has 0 saturated heterocycles. The highest BCUT2D eigenvalue weighted by Crippen LogP contribution is 2.51. The fourth-order valence-corrected chi connectivity index (χ4v) is 3.96. The lowest BCUT2D eigenvalue weighted by Gasteiger charge is -2.36. The van der Waals surface area contributed by atoms with E-state index in [1.807, 2.05) is 28.9 Å². The van der Waals surface area contributed by atoms with E-state index in [0.717, 1.165) is 42.6 Å². The molecule has 0 amide bonds. The molecular weight excluding hydrogens is 288 g/mol. The second-order valence-corrected chi connectivity index (χ2v) is 6.33. The highest BCUT2D eigenvalue weighted by Gasteiger charge is 2.40. The first-order valence-corrected chi connectivity index (χ1v) is 7.65. The second-order valence-electron chi connectivity index (χ2n) is 5.89. The lowest BCUT2D eigenvalue weighted by atomic mass is 9.69. The maximum atomic E-state index is 11.6. The van der Waals surface area contributed by atoms with E-state index in [2.05, 4.69) is 5.10 Å². The van der Waals surface area contributed by atoms with Crippen molar-refractivity contribution in [2.45, 2.75) is 37.5 Å². The van der Waals surface area contributed by atoms with Crippen LogP contribution >= 0.6 is 11.6 Å². The van der Waals surface area contributed by atoms with Gasteiger partial charge in [0.1, 0.15) is 0 Å². The van der Waals surface area contributed by atoms with Crippen molar-refractivity contribution in [2.24, 2.45) is 0 Å². The van der Waals surface area contributed by atoms with Crippen molar-refractivity contribution < 1.29 is 9.90 Å². The SMILES string of the molecule is O=C(O)c1nn(-c2ccc(Cl)cc2)c2c1C1CCC2CC1. The van der Waals surface area contributed by atoms with Gasteiger partial charge >= 0.3 is 5.97 Å². The number of aromatic carboxylic acids is 1. The summed E-state index contributed by atoms with van der Waals surface area (Å²) in [5.74, 6) is -0.134. The van der Waals surface area contributed by atoms with Crippen molar-refractivity contribution in [3.63, 3.8) is 0 Å². The summed E-state index contributed by atoms with van der Waals surface area (Å²) in [6, 6.07) is 7.41. The van der Waals surface area contributed by atoms with Crippen LogP contribution in [-0.4, -0.2) is 20.9 Å². The normalized spacial score (nSPS) is 23.1. The first kappa shape index (κ1) is 12.9. The summed E-state index contributed by atoms with van der Waals surface area (Å²) in [7, 11) is 0. The van der Waals surface area contributed by atoms with Crippen molar-refractivity contribution >= 4 is 17.6 Å². The van der Waals surface area contributed by atoms with Crippen LogP contribution in [0.15, 0.2) is 24.3 Å². The number of aromatic nitrogens is 2. The van der Waals surface area contributed by atoms with Crippen molar-refractivity contribution in [1.29, 1.82) is 0 Å². The van der Waals surface area contributed by atoms with E-state index in [9.17, 15) is 9.90 Å². The molecule has 108 valence electrons. The van der Waals surface area contributed by atoms with Gasteiger partial charge in [-0.1, -0.05) is 11.6 Å². The van der Waals surface area contributed by atoms with Gasteiger partial charge < -0.3 is 5.11 Å². The van der Waals surface area contributed by atoms with Crippen LogP contribution in [-0.2, 0) is 0 Å². The zero-order valence-electron chi connectivity index (χ0n) is 11.4. The van der Waals surface area contributed by atoms with Crippen molar-refractivity contribution in [3.05, 3.63) is 46.2 Å². The lowest BCUT2D eigenvalue weighted by molar-refractivity contribution is 0.0687. The van der Waals surface area contributed by atoms with Crippen LogP contribution in [0.5, 0.6) is 0 Å². The van der Waals surface area contributed by atoms with Gasteiger partial charge in [0.25, 0.3) is 0 Å². The molecule has 5 rings (SSSR count). The molecule has 4 nitrogen and oxygen atoms in total. The number of halogens is 1. The van der Waals surface area contributed by atoms with Crippen LogP contribution in [0.2, 0.25) is 5.02 Å². The number of carbonyl (C=O) groups is 1. The molecule has 1 heterocycles. The Labute approximate surface area is 127 Å². The van der Waals surface area contributed by atoms with Gasteiger partial charge in [0.15, 0.2) is 5.69 Å². The molecule has 0 spiro atoms. The fourth-order valence-electron chi connectivity index (χ4n) is 3.83. The second kappa shape index (κ2) is 4.60. The molecule has 0 atom stereocenters. The smallest absolute Gasteiger partial charge is 0.356 e. The lowest BCUT2D eigenvalue weighted by Crippen LogP contribution is -2.24. The number of benzene rings is 1. The summed E-state index contributed by atoms with van der Waals surface area (Å²) < 4.78 is 1.82. The first-order chi connectivity index (χ1) is 10.1. The van der Waals surface area contributed by atoms with Gasteiger partial charge in [-0.05, 0) is 55.9 Å². The molecule has 0 radical (unpaired) electrons. The van der Waals surface area contributed by atoms with E-state index in [1.54, 1.807) is 0 Å². The molecule has 3 aliphatic rings. The van der Waals surface area contributed by atoms with E-state index in [-0.39, 0.29) is 5.69 Å². The molecule has 0 aliphatic heterocycles. The van der Waals surface area contributed by atoms with E-state index < -0.39 is 5.97 Å². The molecule has 1 aromatic heterocycles. The highest BCUT2D eigenvalue weighted by molar-refractivity contribution is 6.30. The average molecular weight is 303 g/mol. The standard InChI is InChI=1S/C16H15ClN2O2/c17-11-5-7-12(8-6-11)19-15-10-3-1-9(2-4-10)13(15)14(18-19)16(20)21/h5-10H,1-4H2,(H,20,21). The Balaban J connectivity index is 1.94. The van der Waals surface area contributed by atoms with Crippen LogP contribution in [0, 0.1) is 0 Å². The largest absolute Gasteiger partial charge is 0.476 e. The van der Waals surface area contributed by atoms with E-state index in [4.69, 9.17) is 11.6 Å². The first-order valence-electron chi connectivity index (χ1n) is 7.27. The maximum Gasteiger partial charge on any atom is 0.356 e. The van der Waals surface area contributed by atoms with Crippen molar-refractivity contribution in [3.8, 4) is 5.69 Å². The van der Waals surface area contributed by atoms with Gasteiger partial charge in [-0.2, -0.15) is 5.10 Å². The molecule has 1 saturated carbocycles. The third kappa shape index (κ3) is 1.89. The number of fused-ring (bicyclic) bond motifs is 2. The molecule has 2 aromatic rings. The molecule has 5 heteroatoms. The van der Waals surface area contributed by atoms with Gasteiger partial charge in [0, 0.05) is 16.5 Å². The van der Waals surface area contributed by atoms with Gasteiger partial charge in [-0.25, -0.2) is 9.48 Å². The molecule has 21 heavy (non-hydrogen) atoms. The zero-order valence-corrected chi connectivity index (χ0v) is 12.2. The predicted octanol–water partition coefficient (Wildman–Crippen LogP) is 3.98. The minimum atomic E-state index is -0.925. The highest BCUT2D eigenvalue weighted by atomic mass is 35.5. The van der Waals surface area contributed by atoms with Crippen LogP contribution in [0.4, 0.5) is 0 Å². The van der Waals surface area contributed by atoms with Crippen molar-refractivity contribution in [2.75, 3.05) is 0 Å². The van der Waals surface area contributed by atoms with Crippen LogP contribution in [0.3, 0.4) is 0 Å². The Morgan fingerprint density at radius 2 is 1.76 bits per heavy atom. The molecule has 1 N–H and O–H groups in total. The van der Waals surface area contributed by atoms with Gasteiger partial charge in [0.2, 0.25) is 0 Å². The third-order valence-electron chi connectivity index (χ3n) is 4.76. The summed E-state index contributed by atoms with van der Waals surface area (Å²) in [6.45, 7) is 0. The minimum Gasteiger partial charge on any atom is -0.476 e. The van der Waals surface area contributed by atoms with Crippen LogP contribution < -0.4 is 0 Å². The molecule has 3 aliphatic carbocycles. The number of rotatable bonds is 2. The predicted molar refractivity (Wildman–Crippen MR) is 79.5 cm³/mol. The van der Waals surface area contributed by atoms with Crippen LogP contribution in [0.1, 0.15) is 59.3 Å².